The number of carboxylic acids is 2. The Hall–Kier alpha value is -1.82. The van der Waals surface area contributed by atoms with Crippen molar-refractivity contribution >= 4 is 11.9 Å². The van der Waals surface area contributed by atoms with E-state index in [0.717, 1.165) is 12.8 Å². The maximum absolute atomic E-state index is 10.9. The van der Waals surface area contributed by atoms with E-state index in [-0.39, 0.29) is 6.42 Å². The molecule has 25 heavy (non-hydrogen) atoms. The third-order valence-corrected chi connectivity index (χ3v) is 4.11. The van der Waals surface area contributed by atoms with Crippen molar-refractivity contribution in [3.8, 4) is 0 Å². The molecule has 0 aliphatic carbocycles. The summed E-state index contributed by atoms with van der Waals surface area (Å²) in [7, 11) is 0. The van der Waals surface area contributed by atoms with Gasteiger partial charge in [0, 0.05) is 13.0 Å². The molecule has 1 heterocycles. The van der Waals surface area contributed by atoms with Gasteiger partial charge in [0.1, 0.15) is 18.1 Å². The lowest BCUT2D eigenvalue weighted by Gasteiger charge is -2.05. The molecule has 1 rings (SSSR count). The third-order valence-electron chi connectivity index (χ3n) is 4.11. The fourth-order valence-corrected chi connectivity index (χ4v) is 2.60. The molecule has 0 atom stereocenters. The van der Waals surface area contributed by atoms with Crippen molar-refractivity contribution in [2.24, 2.45) is 5.92 Å². The van der Waals surface area contributed by atoms with Gasteiger partial charge in [-0.25, -0.2) is 0 Å². The molecule has 0 aliphatic heterocycles. The highest BCUT2D eigenvalue weighted by Crippen LogP contribution is 2.15. The van der Waals surface area contributed by atoms with E-state index in [1.54, 1.807) is 12.1 Å². The summed E-state index contributed by atoms with van der Waals surface area (Å²) in [6.07, 6.45) is 9.79. The van der Waals surface area contributed by atoms with Gasteiger partial charge >= 0.3 is 11.9 Å². The van der Waals surface area contributed by atoms with Crippen LogP contribution in [0.5, 0.6) is 0 Å². The maximum Gasteiger partial charge on any atom is 0.318 e. The molecular weight excluding hydrogens is 324 g/mol. The molecule has 1 aromatic rings. The Bertz CT molecular complexity index is 494. The van der Waals surface area contributed by atoms with E-state index in [4.69, 9.17) is 19.4 Å². The summed E-state index contributed by atoms with van der Waals surface area (Å²) in [5, 5.41) is 17.7. The van der Waals surface area contributed by atoms with E-state index < -0.39 is 17.9 Å². The SMILES string of the molecule is CCCCCCCCCCOCc1ccc(CC(C(=O)O)C(=O)O)o1. The molecule has 1 aromatic heterocycles. The maximum atomic E-state index is 10.9. The summed E-state index contributed by atoms with van der Waals surface area (Å²) >= 11 is 0. The van der Waals surface area contributed by atoms with Crippen LogP contribution in [0.2, 0.25) is 0 Å². The van der Waals surface area contributed by atoms with E-state index in [0.29, 0.717) is 24.7 Å². The Labute approximate surface area is 149 Å². The first-order valence-corrected chi connectivity index (χ1v) is 9.15. The van der Waals surface area contributed by atoms with E-state index in [1.807, 2.05) is 0 Å². The second-order valence-electron chi connectivity index (χ2n) is 6.33. The zero-order valence-electron chi connectivity index (χ0n) is 15.0. The summed E-state index contributed by atoms with van der Waals surface area (Å²) in [4.78, 5) is 21.8. The van der Waals surface area contributed by atoms with Crippen molar-refractivity contribution in [1.29, 1.82) is 0 Å². The van der Waals surface area contributed by atoms with Gasteiger partial charge in [-0.05, 0) is 18.6 Å². The minimum absolute atomic E-state index is 0.164. The zero-order chi connectivity index (χ0) is 18.5. The summed E-state index contributed by atoms with van der Waals surface area (Å²) in [6, 6.07) is 3.30. The molecule has 0 aromatic carbocycles. The average Bonchev–Trinajstić information content (AvgIpc) is 3.01. The largest absolute Gasteiger partial charge is 0.481 e. The Morgan fingerprint density at radius 2 is 1.52 bits per heavy atom. The first-order chi connectivity index (χ1) is 12.0. The smallest absolute Gasteiger partial charge is 0.318 e. The summed E-state index contributed by atoms with van der Waals surface area (Å²) in [5.41, 5.74) is 0. The summed E-state index contributed by atoms with van der Waals surface area (Å²) < 4.78 is 11.0. The molecule has 0 saturated heterocycles. The van der Waals surface area contributed by atoms with Crippen molar-refractivity contribution in [2.45, 2.75) is 71.3 Å². The van der Waals surface area contributed by atoms with Crippen molar-refractivity contribution < 1.29 is 29.0 Å². The molecule has 0 bridgehead atoms. The minimum Gasteiger partial charge on any atom is -0.481 e. The van der Waals surface area contributed by atoms with Gasteiger partial charge in [0.2, 0.25) is 0 Å². The van der Waals surface area contributed by atoms with Crippen LogP contribution in [0, 0.1) is 5.92 Å². The predicted molar refractivity (Wildman–Crippen MR) is 93.4 cm³/mol. The zero-order valence-corrected chi connectivity index (χ0v) is 15.0. The quantitative estimate of drug-likeness (QED) is 0.361. The van der Waals surface area contributed by atoms with Gasteiger partial charge in [0.15, 0.2) is 5.92 Å². The molecule has 2 N–H and O–H groups in total. The van der Waals surface area contributed by atoms with Gasteiger partial charge in [0.05, 0.1) is 0 Å². The summed E-state index contributed by atoms with van der Waals surface area (Å²) in [6.45, 7) is 3.20. The normalized spacial score (nSPS) is 11.1. The Kier molecular flexibility index (Phi) is 10.6. The molecule has 142 valence electrons. The number of carboxylic acid groups (broad SMARTS) is 2. The molecule has 6 heteroatoms. The number of unbranched alkanes of at least 4 members (excludes halogenated alkanes) is 7. The highest BCUT2D eigenvalue weighted by atomic mass is 16.5. The van der Waals surface area contributed by atoms with Crippen molar-refractivity contribution in [2.75, 3.05) is 6.61 Å². The van der Waals surface area contributed by atoms with Gasteiger partial charge in [-0.2, -0.15) is 0 Å². The number of rotatable bonds is 15. The standard InChI is InChI=1S/C19H30O6/c1-2-3-4-5-6-7-8-9-12-24-14-16-11-10-15(25-16)13-17(18(20)21)19(22)23/h10-11,17H,2-9,12-14H2,1H3,(H,20,21)(H,22,23). The number of hydrogen-bond acceptors (Lipinski definition) is 4. The van der Waals surface area contributed by atoms with Crippen LogP contribution in [0.15, 0.2) is 16.5 Å². The minimum atomic E-state index is -1.49. The van der Waals surface area contributed by atoms with Crippen molar-refractivity contribution in [3.63, 3.8) is 0 Å². The van der Waals surface area contributed by atoms with Gasteiger partial charge in [-0.3, -0.25) is 9.59 Å². The predicted octanol–water partition coefficient (Wildman–Crippen LogP) is 4.26. The van der Waals surface area contributed by atoms with Crippen molar-refractivity contribution in [1.82, 2.24) is 0 Å². The molecule has 6 nitrogen and oxygen atoms in total. The average molecular weight is 354 g/mol. The molecule has 0 unspecified atom stereocenters. The van der Waals surface area contributed by atoms with Crippen LogP contribution in [0.3, 0.4) is 0 Å². The number of hydrogen-bond donors (Lipinski definition) is 2. The Morgan fingerprint density at radius 1 is 0.960 bits per heavy atom. The molecule has 0 fully saturated rings. The van der Waals surface area contributed by atoms with Crippen LogP contribution in [0.25, 0.3) is 0 Å². The first kappa shape index (κ1) is 21.2. The number of furan rings is 1. The van der Waals surface area contributed by atoms with E-state index >= 15 is 0 Å². The van der Waals surface area contributed by atoms with Gasteiger partial charge < -0.3 is 19.4 Å². The lowest BCUT2D eigenvalue weighted by molar-refractivity contribution is -0.154. The first-order valence-electron chi connectivity index (χ1n) is 9.15. The molecule has 0 radical (unpaired) electrons. The van der Waals surface area contributed by atoms with Gasteiger partial charge in [-0.1, -0.05) is 51.9 Å². The van der Waals surface area contributed by atoms with Crippen LogP contribution < -0.4 is 0 Å². The molecule has 0 aliphatic rings. The molecular formula is C19H30O6. The lowest BCUT2D eigenvalue weighted by Crippen LogP contribution is -2.25. The second-order valence-corrected chi connectivity index (χ2v) is 6.33. The molecule has 0 amide bonds. The van der Waals surface area contributed by atoms with E-state index in [1.165, 1.54) is 38.5 Å². The molecule has 0 spiro atoms. The third kappa shape index (κ3) is 9.29. The van der Waals surface area contributed by atoms with Crippen LogP contribution in [-0.2, 0) is 27.4 Å². The topological polar surface area (TPSA) is 97.0 Å². The highest BCUT2D eigenvalue weighted by molar-refractivity contribution is 5.93. The number of aliphatic carboxylic acids is 2. The lowest BCUT2D eigenvalue weighted by atomic mass is 10.1. The second kappa shape index (κ2) is 12.5. The van der Waals surface area contributed by atoms with Crippen LogP contribution in [0.1, 0.15) is 69.8 Å². The van der Waals surface area contributed by atoms with E-state index in [9.17, 15) is 9.59 Å². The molecule has 0 saturated carbocycles. The number of carbonyl (C=O) groups is 2. The van der Waals surface area contributed by atoms with E-state index in [2.05, 4.69) is 6.92 Å². The Balaban J connectivity index is 2.13. The van der Waals surface area contributed by atoms with Crippen molar-refractivity contribution in [3.05, 3.63) is 23.7 Å². The van der Waals surface area contributed by atoms with Crippen LogP contribution in [0.4, 0.5) is 0 Å². The highest BCUT2D eigenvalue weighted by Gasteiger charge is 2.27. The monoisotopic (exact) mass is 354 g/mol. The van der Waals surface area contributed by atoms with Gasteiger partial charge in [0.25, 0.3) is 0 Å². The van der Waals surface area contributed by atoms with Gasteiger partial charge in [-0.15, -0.1) is 0 Å². The fraction of sp³-hybridized carbons (Fsp3) is 0.684. The summed E-state index contributed by atoms with van der Waals surface area (Å²) in [5.74, 6) is -3.28. The number of ether oxygens (including phenoxy) is 1. The Morgan fingerprint density at radius 3 is 2.12 bits per heavy atom. The van der Waals surface area contributed by atoms with Crippen LogP contribution >= 0.6 is 0 Å². The fourth-order valence-electron chi connectivity index (χ4n) is 2.60. The van der Waals surface area contributed by atoms with Crippen LogP contribution in [-0.4, -0.2) is 28.8 Å².